The third kappa shape index (κ3) is 2.76. The lowest BCUT2D eigenvalue weighted by atomic mass is 9.68. The molecule has 0 aliphatic heterocycles. The first-order chi connectivity index (χ1) is 8.97. The van der Waals surface area contributed by atoms with E-state index < -0.39 is 11.6 Å². The Bertz CT molecular complexity index is 481. The number of carbonyl (C=O) groups is 1. The number of rotatable bonds is 4. The van der Waals surface area contributed by atoms with E-state index in [9.17, 15) is 13.6 Å². The van der Waals surface area contributed by atoms with Crippen LogP contribution >= 0.6 is 0 Å². The van der Waals surface area contributed by atoms with Crippen LogP contribution in [0.4, 0.5) is 8.78 Å². The van der Waals surface area contributed by atoms with E-state index in [0.717, 1.165) is 31.4 Å². The Labute approximate surface area is 111 Å². The smallest absolute Gasteiger partial charge is 0.253 e. The summed E-state index contributed by atoms with van der Waals surface area (Å²) in [4.78, 5) is 13.7. The van der Waals surface area contributed by atoms with Gasteiger partial charge in [0.2, 0.25) is 0 Å². The molecule has 0 atom stereocenters. The molecule has 0 saturated heterocycles. The van der Waals surface area contributed by atoms with E-state index in [2.05, 4.69) is 0 Å². The summed E-state index contributed by atoms with van der Waals surface area (Å²) in [5, 5.41) is 0. The molecule has 1 aliphatic carbocycles. The standard InChI is InChI=1S/C14H18F2N2O/c1-18(9-14(8-17)5-2-6-14)13(19)10-3-4-11(15)12(16)7-10/h3-4,7H,2,5-6,8-9,17H2,1H3. The Morgan fingerprint density at radius 1 is 1.37 bits per heavy atom. The van der Waals surface area contributed by atoms with Crippen LogP contribution in [0.25, 0.3) is 0 Å². The van der Waals surface area contributed by atoms with Gasteiger partial charge >= 0.3 is 0 Å². The molecule has 1 aromatic carbocycles. The van der Waals surface area contributed by atoms with Gasteiger partial charge < -0.3 is 10.6 Å². The molecule has 2 N–H and O–H groups in total. The van der Waals surface area contributed by atoms with Crippen LogP contribution in [0, 0.1) is 17.0 Å². The minimum atomic E-state index is -1.00. The van der Waals surface area contributed by atoms with Gasteiger partial charge in [-0.3, -0.25) is 4.79 Å². The molecule has 1 aliphatic rings. The molecule has 19 heavy (non-hydrogen) atoms. The fourth-order valence-corrected chi connectivity index (χ4v) is 2.53. The lowest BCUT2D eigenvalue weighted by molar-refractivity contribution is 0.0568. The average Bonchev–Trinajstić information content (AvgIpc) is 2.36. The number of nitrogens with two attached hydrogens (primary N) is 1. The van der Waals surface area contributed by atoms with E-state index >= 15 is 0 Å². The van der Waals surface area contributed by atoms with E-state index in [1.807, 2.05) is 0 Å². The van der Waals surface area contributed by atoms with E-state index in [0.29, 0.717) is 13.1 Å². The fourth-order valence-electron chi connectivity index (χ4n) is 2.53. The van der Waals surface area contributed by atoms with Gasteiger partial charge in [-0.05, 0) is 37.6 Å². The number of halogens is 2. The zero-order valence-corrected chi connectivity index (χ0v) is 11.0. The summed E-state index contributed by atoms with van der Waals surface area (Å²) in [5.41, 5.74) is 5.92. The summed E-state index contributed by atoms with van der Waals surface area (Å²) in [7, 11) is 1.67. The van der Waals surface area contributed by atoms with Crippen LogP contribution in [0.15, 0.2) is 18.2 Å². The molecule has 1 fully saturated rings. The molecule has 1 aromatic rings. The summed E-state index contributed by atoms with van der Waals surface area (Å²) >= 11 is 0. The highest BCUT2D eigenvalue weighted by molar-refractivity contribution is 5.94. The Morgan fingerprint density at radius 3 is 2.53 bits per heavy atom. The fraction of sp³-hybridized carbons (Fsp3) is 0.500. The Kier molecular flexibility index (Phi) is 3.85. The Morgan fingerprint density at radius 2 is 2.05 bits per heavy atom. The maximum atomic E-state index is 13.1. The van der Waals surface area contributed by atoms with Gasteiger partial charge in [0, 0.05) is 24.6 Å². The highest BCUT2D eigenvalue weighted by atomic mass is 19.2. The summed E-state index contributed by atoms with van der Waals surface area (Å²) in [6.07, 6.45) is 3.15. The van der Waals surface area contributed by atoms with Gasteiger partial charge in [0.05, 0.1) is 0 Å². The topological polar surface area (TPSA) is 46.3 Å². The average molecular weight is 268 g/mol. The molecule has 1 saturated carbocycles. The number of nitrogens with zero attached hydrogens (tertiary/aromatic N) is 1. The highest BCUT2D eigenvalue weighted by Crippen LogP contribution is 2.40. The minimum Gasteiger partial charge on any atom is -0.341 e. The summed E-state index contributed by atoms with van der Waals surface area (Å²) in [6.45, 7) is 1.10. The highest BCUT2D eigenvalue weighted by Gasteiger charge is 2.37. The second kappa shape index (κ2) is 5.25. The first kappa shape index (κ1) is 13.9. The first-order valence-electron chi connectivity index (χ1n) is 6.38. The Balaban J connectivity index is 2.08. The van der Waals surface area contributed by atoms with Crippen molar-refractivity contribution in [3.63, 3.8) is 0 Å². The van der Waals surface area contributed by atoms with Crippen molar-refractivity contribution in [2.24, 2.45) is 11.1 Å². The van der Waals surface area contributed by atoms with E-state index in [1.54, 1.807) is 11.9 Å². The molecule has 0 spiro atoms. The van der Waals surface area contributed by atoms with Gasteiger partial charge in [0.1, 0.15) is 0 Å². The van der Waals surface area contributed by atoms with E-state index in [1.165, 1.54) is 6.07 Å². The number of hydrogen-bond acceptors (Lipinski definition) is 2. The maximum absolute atomic E-state index is 13.1. The zero-order chi connectivity index (χ0) is 14.0. The lowest BCUT2D eigenvalue weighted by Crippen LogP contribution is -2.47. The van der Waals surface area contributed by atoms with Crippen LogP contribution in [-0.2, 0) is 0 Å². The van der Waals surface area contributed by atoms with Gasteiger partial charge in [-0.2, -0.15) is 0 Å². The monoisotopic (exact) mass is 268 g/mol. The first-order valence-corrected chi connectivity index (χ1v) is 6.38. The van der Waals surface area contributed by atoms with Gasteiger partial charge in [0.15, 0.2) is 11.6 Å². The van der Waals surface area contributed by atoms with Crippen molar-refractivity contribution in [2.45, 2.75) is 19.3 Å². The van der Waals surface area contributed by atoms with Crippen LogP contribution < -0.4 is 5.73 Å². The summed E-state index contributed by atoms with van der Waals surface area (Å²) in [6, 6.07) is 3.20. The maximum Gasteiger partial charge on any atom is 0.253 e. The van der Waals surface area contributed by atoms with Gasteiger partial charge in [-0.25, -0.2) is 8.78 Å². The second-order valence-corrected chi connectivity index (χ2v) is 5.35. The third-order valence-electron chi connectivity index (χ3n) is 3.93. The molecule has 3 nitrogen and oxygen atoms in total. The van der Waals surface area contributed by atoms with Crippen LogP contribution in [0.3, 0.4) is 0 Å². The van der Waals surface area contributed by atoms with Crippen molar-refractivity contribution in [1.29, 1.82) is 0 Å². The third-order valence-corrected chi connectivity index (χ3v) is 3.93. The van der Waals surface area contributed by atoms with Crippen LogP contribution in [0.5, 0.6) is 0 Å². The van der Waals surface area contributed by atoms with Crippen molar-refractivity contribution in [1.82, 2.24) is 4.90 Å². The van der Waals surface area contributed by atoms with E-state index in [4.69, 9.17) is 5.73 Å². The van der Waals surface area contributed by atoms with Gasteiger partial charge in [-0.15, -0.1) is 0 Å². The minimum absolute atomic E-state index is 0.00296. The molecular formula is C14H18F2N2O. The molecule has 5 heteroatoms. The lowest BCUT2D eigenvalue weighted by Gasteiger charge is -2.43. The number of amides is 1. The molecule has 0 heterocycles. The van der Waals surface area contributed by atoms with Gasteiger partial charge in [0.25, 0.3) is 5.91 Å². The second-order valence-electron chi connectivity index (χ2n) is 5.35. The van der Waals surface area contributed by atoms with Crippen molar-refractivity contribution in [2.75, 3.05) is 20.1 Å². The molecule has 1 amide bonds. The zero-order valence-electron chi connectivity index (χ0n) is 11.0. The van der Waals surface area contributed by atoms with Crippen molar-refractivity contribution in [3.05, 3.63) is 35.4 Å². The quantitative estimate of drug-likeness (QED) is 0.909. The predicted octanol–water partition coefficient (Wildman–Crippen LogP) is 2.17. The molecule has 0 bridgehead atoms. The predicted molar refractivity (Wildman–Crippen MR) is 68.7 cm³/mol. The van der Waals surface area contributed by atoms with Gasteiger partial charge in [-0.1, -0.05) is 6.42 Å². The largest absolute Gasteiger partial charge is 0.341 e. The SMILES string of the molecule is CN(CC1(CN)CCC1)C(=O)c1ccc(F)c(F)c1. The van der Waals surface area contributed by atoms with Crippen LogP contribution in [0.1, 0.15) is 29.6 Å². The molecule has 0 aromatic heterocycles. The van der Waals surface area contributed by atoms with Crippen LogP contribution in [-0.4, -0.2) is 30.9 Å². The Hall–Kier alpha value is -1.49. The van der Waals surface area contributed by atoms with E-state index in [-0.39, 0.29) is 16.9 Å². The van der Waals surface area contributed by atoms with Crippen molar-refractivity contribution < 1.29 is 13.6 Å². The summed E-state index contributed by atoms with van der Waals surface area (Å²) < 4.78 is 26.0. The molecular weight excluding hydrogens is 250 g/mol. The molecule has 2 rings (SSSR count). The molecule has 104 valence electrons. The number of carbonyl (C=O) groups excluding carboxylic acids is 1. The normalized spacial score (nSPS) is 16.8. The molecule has 0 radical (unpaired) electrons. The molecule has 0 unspecified atom stereocenters. The van der Waals surface area contributed by atoms with Crippen molar-refractivity contribution in [3.8, 4) is 0 Å². The van der Waals surface area contributed by atoms with Crippen molar-refractivity contribution >= 4 is 5.91 Å². The summed E-state index contributed by atoms with van der Waals surface area (Å²) in [5.74, 6) is -2.26. The van der Waals surface area contributed by atoms with Crippen LogP contribution in [0.2, 0.25) is 0 Å². The number of hydrogen-bond donors (Lipinski definition) is 1. The number of benzene rings is 1.